The van der Waals surface area contributed by atoms with Crippen LogP contribution in [0.25, 0.3) is 0 Å². The largest absolute Gasteiger partial charge is 0.379 e. The van der Waals surface area contributed by atoms with E-state index in [9.17, 15) is 0 Å². The molecule has 0 aromatic heterocycles. The Bertz CT molecular complexity index is 1940. The fourth-order valence-corrected chi connectivity index (χ4v) is 15.1. The monoisotopic (exact) mass is 1220 g/mol. The van der Waals surface area contributed by atoms with Gasteiger partial charge in [-0.25, -0.2) is 0 Å². The molecule has 0 saturated heterocycles. The first kappa shape index (κ1) is 73.7. The lowest BCUT2D eigenvalue weighted by atomic mass is 9.72. The standard InChI is InChI=1S/C28H55N9.C25H48N4O2.C16H31N3/c1-22-7-9-23(10-8-22)21-24-11-13-25(14-12-24)36-27(30)33-17-19-37-20-18-35-28(37)34-16-6-4-3-5-15-32-26(29)31-2;1-20-5-7-21(8-6-20)18-22-9-11-23(12-10-22)19-24(26)4-3-14-30-16-17-31-15-13-29-25(27)28-2;1-12-3-5-13(6-4-12)11-14-7-9-15(10-8-14)19-16(17)18-2/h22-25H,3-21H2,1-2H3,(H,34,35)(H3,29,31,32)(H3,30,33,36);20-23,26H,3-19H2,1-2H3,(H3,27,28,29);12-15H,3-11H2,1-2H3,(H3,17,18,19). The van der Waals surface area contributed by atoms with Crippen LogP contribution in [0.3, 0.4) is 0 Å². The number of rotatable bonds is 30. The highest BCUT2D eigenvalue weighted by Gasteiger charge is 2.30. The van der Waals surface area contributed by atoms with Gasteiger partial charge in [0.2, 0.25) is 0 Å². The van der Waals surface area contributed by atoms with Gasteiger partial charge >= 0.3 is 0 Å². The average molecular weight is 1220 g/mol. The number of ether oxygens (including phenoxy) is 2. The van der Waals surface area contributed by atoms with E-state index < -0.39 is 0 Å². The molecule has 0 aromatic rings. The molecule has 0 aromatic carbocycles. The second-order valence-electron chi connectivity index (χ2n) is 28.3. The number of unbranched alkanes of at least 4 members (excludes halogenated alkanes) is 3. The minimum atomic E-state index is 0.435. The fraction of sp³-hybridized carbons (Fsp3) is 0.913. The number of guanidine groups is 5. The van der Waals surface area contributed by atoms with Gasteiger partial charge in [0.05, 0.1) is 32.9 Å². The van der Waals surface area contributed by atoms with E-state index in [1.165, 1.54) is 186 Å². The summed E-state index contributed by atoms with van der Waals surface area (Å²) in [6, 6.07) is 1.05. The van der Waals surface area contributed by atoms with Crippen LogP contribution in [0.2, 0.25) is 0 Å². The van der Waals surface area contributed by atoms with Crippen molar-refractivity contribution in [3.63, 3.8) is 0 Å². The van der Waals surface area contributed by atoms with Crippen LogP contribution in [0.4, 0.5) is 0 Å². The molecule has 0 spiro atoms. The molecular weight excluding hydrogens is 1080 g/mol. The van der Waals surface area contributed by atoms with Crippen molar-refractivity contribution in [1.29, 1.82) is 5.41 Å². The third-order valence-electron chi connectivity index (χ3n) is 21.0. The van der Waals surface area contributed by atoms with Gasteiger partial charge in [0.15, 0.2) is 29.8 Å². The van der Waals surface area contributed by atoms with Crippen molar-refractivity contribution >= 4 is 35.5 Å². The van der Waals surface area contributed by atoms with E-state index in [1.807, 2.05) is 0 Å². The second-order valence-corrected chi connectivity index (χ2v) is 28.3. The Labute approximate surface area is 531 Å². The SMILES string of the molecule is CN=C(N)NC1CCC(CC2CCC(C)CC2)CC1.CN=C(N)NCCCCCCNC1=NCCN1CCN=C(N)NC1CCC(CC2CCC(C)CC2)CC1.CN=C(N)NCCOCCOCCCC(=N)CC1CCC(CC2CCC(C)CC2)CC1. The maximum atomic E-state index is 8.34. The van der Waals surface area contributed by atoms with Gasteiger partial charge in [-0.1, -0.05) is 124 Å². The van der Waals surface area contributed by atoms with Crippen molar-refractivity contribution < 1.29 is 9.47 Å². The Balaban J connectivity index is 0.000000250. The maximum absolute atomic E-state index is 8.34. The van der Waals surface area contributed by atoms with Gasteiger partial charge in [-0.2, -0.15) is 0 Å². The zero-order valence-electron chi connectivity index (χ0n) is 56.6. The van der Waals surface area contributed by atoms with Crippen molar-refractivity contribution in [3.05, 3.63) is 0 Å². The summed E-state index contributed by atoms with van der Waals surface area (Å²) in [6.45, 7) is 15.6. The molecule has 1 heterocycles. The molecule has 502 valence electrons. The van der Waals surface area contributed by atoms with E-state index in [0.717, 1.165) is 136 Å². The summed E-state index contributed by atoms with van der Waals surface area (Å²) in [5.74, 6) is 12.7. The predicted molar refractivity (Wildman–Crippen MR) is 369 cm³/mol. The summed E-state index contributed by atoms with van der Waals surface area (Å²) in [5, 5.41) is 24.7. The molecule has 6 aliphatic carbocycles. The summed E-state index contributed by atoms with van der Waals surface area (Å²) in [5.41, 5.74) is 24.1. The molecule has 7 aliphatic rings. The smallest absolute Gasteiger partial charge is 0.194 e. The average Bonchev–Trinajstić information content (AvgIpc) is 4.13. The molecule has 0 atom stereocenters. The number of nitrogens with two attached hydrogens (primary N) is 4. The highest BCUT2D eigenvalue weighted by atomic mass is 16.5. The van der Waals surface area contributed by atoms with Gasteiger partial charge in [-0.05, 0) is 175 Å². The molecule has 7 rings (SSSR count). The summed E-state index contributed by atoms with van der Waals surface area (Å²) < 4.78 is 11.1. The maximum Gasteiger partial charge on any atom is 0.194 e. The highest BCUT2D eigenvalue weighted by Crippen LogP contribution is 2.41. The zero-order valence-corrected chi connectivity index (χ0v) is 56.6. The topological polar surface area (TPSA) is 272 Å². The molecule has 1 aliphatic heterocycles. The summed E-state index contributed by atoms with van der Waals surface area (Å²) in [7, 11) is 5.10. The lowest BCUT2D eigenvalue weighted by molar-refractivity contribution is 0.0493. The highest BCUT2D eigenvalue weighted by molar-refractivity contribution is 5.82. The van der Waals surface area contributed by atoms with Crippen LogP contribution in [-0.2, 0) is 9.47 Å². The van der Waals surface area contributed by atoms with Gasteiger partial charge in [0.1, 0.15) is 0 Å². The number of nitrogens with zero attached hydrogens (tertiary/aromatic N) is 6. The molecule has 0 radical (unpaired) electrons. The third kappa shape index (κ3) is 33.0. The minimum absolute atomic E-state index is 0.435. The van der Waals surface area contributed by atoms with Gasteiger partial charge in [-0.15, -0.1) is 0 Å². The lowest BCUT2D eigenvalue weighted by Crippen LogP contribution is -2.43. The van der Waals surface area contributed by atoms with E-state index in [0.29, 0.717) is 75.4 Å². The van der Waals surface area contributed by atoms with Crippen LogP contribution < -0.4 is 49.5 Å². The number of nitrogens with one attached hydrogen (secondary N) is 6. The molecule has 6 saturated carbocycles. The van der Waals surface area contributed by atoms with Gasteiger partial charge in [0, 0.05) is 78.3 Å². The molecule has 6 fully saturated rings. The van der Waals surface area contributed by atoms with E-state index in [-0.39, 0.29) is 0 Å². The van der Waals surface area contributed by atoms with Crippen LogP contribution in [0.15, 0.2) is 25.0 Å². The summed E-state index contributed by atoms with van der Waals surface area (Å²) in [4.78, 5) is 23.3. The molecule has 0 unspecified atom stereocenters. The van der Waals surface area contributed by atoms with Crippen molar-refractivity contribution in [2.45, 2.75) is 251 Å². The molecular formula is C69H134N16O2. The van der Waals surface area contributed by atoms with E-state index in [2.05, 4.69) is 77.2 Å². The normalized spacial score (nSPS) is 29.4. The Hall–Kier alpha value is -4.06. The quantitative estimate of drug-likeness (QED) is 0.0183. The van der Waals surface area contributed by atoms with E-state index >= 15 is 0 Å². The number of hydrogen-bond acceptors (Lipinski definition) is 10. The molecule has 18 nitrogen and oxygen atoms in total. The number of hydrogen-bond donors (Lipinski definition) is 10. The number of aliphatic imine (C=N–C) groups is 5. The third-order valence-corrected chi connectivity index (χ3v) is 21.0. The van der Waals surface area contributed by atoms with Crippen LogP contribution in [0.1, 0.15) is 239 Å². The summed E-state index contributed by atoms with van der Waals surface area (Å²) in [6.07, 6.45) is 45.4. The van der Waals surface area contributed by atoms with E-state index in [1.54, 1.807) is 21.1 Å². The fourth-order valence-electron chi connectivity index (χ4n) is 15.1. The first-order chi connectivity index (χ1) is 42.3. The molecule has 0 amide bonds. The zero-order chi connectivity index (χ0) is 62.3. The Morgan fingerprint density at radius 2 is 0.897 bits per heavy atom. The van der Waals surface area contributed by atoms with Crippen molar-refractivity contribution in [2.24, 2.45) is 107 Å². The van der Waals surface area contributed by atoms with Crippen LogP contribution in [-0.4, -0.2) is 146 Å². The first-order valence-corrected chi connectivity index (χ1v) is 36.0. The van der Waals surface area contributed by atoms with Crippen LogP contribution in [0.5, 0.6) is 0 Å². The Morgan fingerprint density at radius 1 is 0.483 bits per heavy atom. The van der Waals surface area contributed by atoms with Crippen molar-refractivity contribution in [2.75, 3.05) is 93.4 Å². The van der Waals surface area contributed by atoms with Crippen LogP contribution in [0, 0.1) is 64.6 Å². The second kappa shape index (κ2) is 44.4. The van der Waals surface area contributed by atoms with E-state index in [4.69, 9.17) is 37.8 Å². The van der Waals surface area contributed by atoms with Gasteiger partial charge in [0.25, 0.3) is 0 Å². The minimum Gasteiger partial charge on any atom is -0.379 e. The summed E-state index contributed by atoms with van der Waals surface area (Å²) >= 11 is 0. The molecule has 14 N–H and O–H groups in total. The predicted octanol–water partition coefficient (Wildman–Crippen LogP) is 11.1. The van der Waals surface area contributed by atoms with Gasteiger partial charge in [-0.3, -0.25) is 25.0 Å². The van der Waals surface area contributed by atoms with Crippen molar-refractivity contribution in [3.8, 4) is 0 Å². The molecule has 18 heteroatoms. The molecule has 87 heavy (non-hydrogen) atoms. The van der Waals surface area contributed by atoms with Gasteiger partial charge < -0.3 is 69.3 Å². The first-order valence-electron chi connectivity index (χ1n) is 36.0. The van der Waals surface area contributed by atoms with Crippen molar-refractivity contribution in [1.82, 2.24) is 31.5 Å². The Kier molecular flexibility index (Phi) is 37.6. The Morgan fingerprint density at radius 3 is 1.38 bits per heavy atom. The molecule has 0 bridgehead atoms. The lowest BCUT2D eigenvalue weighted by Gasteiger charge is -2.33. The van der Waals surface area contributed by atoms with Crippen LogP contribution >= 0.6 is 0 Å².